The molecular formula is C14H15FN2O3. The summed E-state index contributed by atoms with van der Waals surface area (Å²) in [6.07, 6.45) is 4.05. The Kier molecular flexibility index (Phi) is 4.02. The Labute approximate surface area is 114 Å². The molecule has 1 aromatic heterocycles. The van der Waals surface area contributed by atoms with Crippen LogP contribution in [0, 0.1) is 5.82 Å². The molecular weight excluding hydrogens is 263 g/mol. The van der Waals surface area contributed by atoms with Crippen molar-refractivity contribution < 1.29 is 14.3 Å². The molecule has 0 bridgehead atoms. The Morgan fingerprint density at radius 3 is 2.65 bits per heavy atom. The zero-order valence-electron chi connectivity index (χ0n) is 11.0. The largest absolute Gasteiger partial charge is 0.478 e. The van der Waals surface area contributed by atoms with Crippen LogP contribution < -0.4 is 5.69 Å². The quantitative estimate of drug-likeness (QED) is 0.909. The topological polar surface area (TPSA) is 64.2 Å². The molecule has 0 aliphatic heterocycles. The van der Waals surface area contributed by atoms with Crippen LogP contribution in [0.5, 0.6) is 0 Å². The van der Waals surface area contributed by atoms with Crippen molar-refractivity contribution in [2.75, 3.05) is 0 Å². The number of halogens is 1. The highest BCUT2D eigenvalue weighted by Gasteiger charge is 2.13. The first-order valence-corrected chi connectivity index (χ1v) is 6.30. The van der Waals surface area contributed by atoms with Crippen LogP contribution >= 0.6 is 0 Å². The monoisotopic (exact) mass is 278 g/mol. The minimum Gasteiger partial charge on any atom is -0.478 e. The Hall–Kier alpha value is -2.37. The van der Waals surface area contributed by atoms with Crippen LogP contribution in [0.3, 0.4) is 0 Å². The molecule has 0 aliphatic rings. The Morgan fingerprint density at radius 2 is 2.00 bits per heavy atom. The molecule has 5 nitrogen and oxygen atoms in total. The van der Waals surface area contributed by atoms with Crippen LogP contribution in [0.15, 0.2) is 35.4 Å². The van der Waals surface area contributed by atoms with Gasteiger partial charge in [-0.25, -0.2) is 14.0 Å². The number of hydrogen-bond acceptors (Lipinski definition) is 2. The summed E-state index contributed by atoms with van der Waals surface area (Å²) in [5.41, 5.74) is 0.0443. The number of imidazole rings is 1. The average molecular weight is 278 g/mol. The summed E-state index contributed by atoms with van der Waals surface area (Å²) in [6.45, 7) is 2.59. The average Bonchev–Trinajstić information content (AvgIpc) is 2.72. The van der Waals surface area contributed by atoms with Gasteiger partial charge >= 0.3 is 11.7 Å². The maximum Gasteiger partial charge on any atom is 0.336 e. The summed E-state index contributed by atoms with van der Waals surface area (Å²) in [5, 5.41) is 9.08. The standard InChI is InChI=1S/C14H15FN2O3/c1-2-5-16-6-7-17(14(16)20)9-10-8-11(15)3-4-12(10)13(18)19/h3-4,6-8H,2,5,9H2,1H3,(H,18,19). The third-order valence-corrected chi connectivity index (χ3v) is 3.02. The molecule has 106 valence electrons. The fraction of sp³-hybridized carbons (Fsp3) is 0.286. The molecule has 2 aromatic rings. The first-order valence-electron chi connectivity index (χ1n) is 6.30. The van der Waals surface area contributed by atoms with E-state index >= 15 is 0 Å². The summed E-state index contributed by atoms with van der Waals surface area (Å²) in [7, 11) is 0. The SMILES string of the molecule is CCCn1ccn(Cc2cc(F)ccc2C(=O)O)c1=O. The second-order valence-corrected chi connectivity index (χ2v) is 4.51. The maximum absolute atomic E-state index is 13.3. The highest BCUT2D eigenvalue weighted by atomic mass is 19.1. The summed E-state index contributed by atoms with van der Waals surface area (Å²) < 4.78 is 16.2. The van der Waals surface area contributed by atoms with Gasteiger partial charge in [0.25, 0.3) is 0 Å². The molecule has 0 spiro atoms. The number of rotatable bonds is 5. The van der Waals surface area contributed by atoms with Crippen LogP contribution in [0.2, 0.25) is 0 Å². The van der Waals surface area contributed by atoms with Gasteiger partial charge in [0, 0.05) is 18.9 Å². The first kappa shape index (κ1) is 14.0. The lowest BCUT2D eigenvalue weighted by Crippen LogP contribution is -2.25. The zero-order chi connectivity index (χ0) is 14.7. The van der Waals surface area contributed by atoms with Crippen molar-refractivity contribution >= 4 is 5.97 Å². The van der Waals surface area contributed by atoms with Crippen LogP contribution in [-0.4, -0.2) is 20.2 Å². The molecule has 20 heavy (non-hydrogen) atoms. The molecule has 0 radical (unpaired) electrons. The van der Waals surface area contributed by atoms with Crippen molar-refractivity contribution in [3.05, 3.63) is 58.0 Å². The minimum absolute atomic E-state index is 0.00143. The van der Waals surface area contributed by atoms with Crippen LogP contribution in [0.4, 0.5) is 4.39 Å². The van der Waals surface area contributed by atoms with Gasteiger partial charge < -0.3 is 5.11 Å². The fourth-order valence-corrected chi connectivity index (χ4v) is 2.07. The lowest BCUT2D eigenvalue weighted by atomic mass is 10.1. The van der Waals surface area contributed by atoms with E-state index in [4.69, 9.17) is 5.11 Å². The van der Waals surface area contributed by atoms with Crippen molar-refractivity contribution in [3.63, 3.8) is 0 Å². The maximum atomic E-state index is 13.3. The van der Waals surface area contributed by atoms with Gasteiger partial charge in [-0.05, 0) is 30.2 Å². The van der Waals surface area contributed by atoms with E-state index in [1.165, 1.54) is 10.6 Å². The molecule has 0 atom stereocenters. The van der Waals surface area contributed by atoms with Gasteiger partial charge in [0.05, 0.1) is 12.1 Å². The molecule has 0 saturated heterocycles. The number of aryl methyl sites for hydroxylation is 1. The lowest BCUT2D eigenvalue weighted by molar-refractivity contribution is 0.0695. The minimum atomic E-state index is -1.14. The van der Waals surface area contributed by atoms with Crippen molar-refractivity contribution in [3.8, 4) is 0 Å². The number of benzene rings is 1. The number of hydrogen-bond donors (Lipinski definition) is 1. The molecule has 0 saturated carbocycles. The van der Waals surface area contributed by atoms with Gasteiger partial charge in [-0.15, -0.1) is 0 Å². The lowest BCUT2D eigenvalue weighted by Gasteiger charge is -2.06. The second kappa shape index (κ2) is 5.73. The number of carbonyl (C=O) groups is 1. The van der Waals surface area contributed by atoms with E-state index in [9.17, 15) is 14.0 Å². The third kappa shape index (κ3) is 2.79. The van der Waals surface area contributed by atoms with Crippen molar-refractivity contribution in [1.82, 2.24) is 9.13 Å². The van der Waals surface area contributed by atoms with Crippen LogP contribution in [-0.2, 0) is 13.1 Å². The molecule has 2 rings (SSSR count). The van der Waals surface area contributed by atoms with Crippen molar-refractivity contribution in [2.24, 2.45) is 0 Å². The number of carboxylic acids is 1. The molecule has 0 fully saturated rings. The summed E-state index contributed by atoms with van der Waals surface area (Å²) in [6, 6.07) is 3.45. The van der Waals surface area contributed by atoms with Gasteiger partial charge in [-0.2, -0.15) is 0 Å². The summed E-state index contributed by atoms with van der Waals surface area (Å²) in [4.78, 5) is 23.1. The van der Waals surface area contributed by atoms with Gasteiger partial charge in [0.15, 0.2) is 0 Å². The van der Waals surface area contributed by atoms with Crippen molar-refractivity contribution in [1.29, 1.82) is 0 Å². The van der Waals surface area contributed by atoms with Crippen molar-refractivity contribution in [2.45, 2.75) is 26.4 Å². The first-order chi connectivity index (χ1) is 9.52. The Morgan fingerprint density at radius 1 is 1.30 bits per heavy atom. The summed E-state index contributed by atoms with van der Waals surface area (Å²) >= 11 is 0. The highest BCUT2D eigenvalue weighted by Crippen LogP contribution is 2.12. The molecule has 1 heterocycles. The Balaban J connectivity index is 2.37. The summed E-state index contributed by atoms with van der Waals surface area (Å²) in [5.74, 6) is -1.66. The molecule has 1 N–H and O–H groups in total. The third-order valence-electron chi connectivity index (χ3n) is 3.02. The number of aromatic nitrogens is 2. The van der Waals surface area contributed by atoms with Crippen LogP contribution in [0.25, 0.3) is 0 Å². The van der Waals surface area contributed by atoms with E-state index in [0.717, 1.165) is 18.6 Å². The van der Waals surface area contributed by atoms with E-state index in [1.807, 2.05) is 6.92 Å². The predicted octanol–water partition coefficient (Wildman–Crippen LogP) is 1.95. The van der Waals surface area contributed by atoms with E-state index in [-0.39, 0.29) is 23.4 Å². The number of nitrogens with zero attached hydrogens (tertiary/aromatic N) is 2. The van der Waals surface area contributed by atoms with E-state index in [1.54, 1.807) is 17.0 Å². The van der Waals surface area contributed by atoms with Crippen LogP contribution in [0.1, 0.15) is 29.3 Å². The molecule has 6 heteroatoms. The molecule has 0 unspecified atom stereocenters. The fourth-order valence-electron chi connectivity index (χ4n) is 2.07. The molecule has 0 amide bonds. The van der Waals surface area contributed by atoms with Gasteiger partial charge in [0.1, 0.15) is 5.82 Å². The van der Waals surface area contributed by atoms with E-state index in [2.05, 4.69) is 0 Å². The normalized spacial score (nSPS) is 10.7. The molecule has 1 aromatic carbocycles. The van der Waals surface area contributed by atoms with Gasteiger partial charge in [-0.1, -0.05) is 6.92 Å². The van der Waals surface area contributed by atoms with E-state index in [0.29, 0.717) is 6.54 Å². The number of carboxylic acid groups (broad SMARTS) is 1. The van der Waals surface area contributed by atoms with E-state index < -0.39 is 11.8 Å². The van der Waals surface area contributed by atoms with Gasteiger partial charge in [0.2, 0.25) is 0 Å². The smallest absolute Gasteiger partial charge is 0.336 e. The zero-order valence-corrected chi connectivity index (χ0v) is 11.0. The Bertz CT molecular complexity index is 688. The number of aromatic carboxylic acids is 1. The highest BCUT2D eigenvalue weighted by molar-refractivity contribution is 5.89. The second-order valence-electron chi connectivity index (χ2n) is 4.51. The van der Waals surface area contributed by atoms with Gasteiger partial charge in [-0.3, -0.25) is 9.13 Å². The molecule has 0 aliphatic carbocycles. The predicted molar refractivity (Wildman–Crippen MR) is 71.4 cm³/mol.